The van der Waals surface area contributed by atoms with Gasteiger partial charge >= 0.3 is 11.9 Å². The number of guanidine groups is 1. The highest BCUT2D eigenvalue weighted by molar-refractivity contribution is 6.32. The number of carbonyl (C=O) groups is 2. The van der Waals surface area contributed by atoms with Crippen molar-refractivity contribution in [2.75, 3.05) is 25.5 Å². The Bertz CT molecular complexity index is 595. The molecule has 120 valence electrons. The first kappa shape index (κ1) is 17.4. The molecular formula is C11H14ClN5O5. The molecule has 11 heteroatoms. The Kier molecular flexibility index (Phi) is 6.32. The van der Waals surface area contributed by atoms with E-state index in [1.54, 1.807) is 6.92 Å². The van der Waals surface area contributed by atoms with E-state index in [1.807, 2.05) is 0 Å². The molecule has 1 aliphatic rings. The van der Waals surface area contributed by atoms with Crippen LogP contribution in [0.3, 0.4) is 0 Å². The minimum Gasteiger partial charge on any atom is -0.479 e. The standard InChI is InChI=1S/C9H12ClN5O.C2H2O4/c1-5-13-7(10)6(8(14-5)16-2)15-9-11-3-4-12-9;3-1(4)2(5)6/h3-4H2,1-2H3,(H2,11,12,15);(H,3,4)(H,5,6). The van der Waals surface area contributed by atoms with Gasteiger partial charge in [-0.1, -0.05) is 11.6 Å². The normalized spacial score (nSPS) is 12.4. The van der Waals surface area contributed by atoms with E-state index in [0.29, 0.717) is 28.5 Å². The Labute approximate surface area is 130 Å². The van der Waals surface area contributed by atoms with Crippen LogP contribution in [0, 0.1) is 6.92 Å². The van der Waals surface area contributed by atoms with Crippen molar-refractivity contribution in [3.63, 3.8) is 0 Å². The Morgan fingerprint density at radius 2 is 1.95 bits per heavy atom. The zero-order valence-corrected chi connectivity index (χ0v) is 12.5. The number of nitrogens with zero attached hydrogens (tertiary/aromatic N) is 3. The quantitative estimate of drug-likeness (QED) is 0.433. The lowest BCUT2D eigenvalue weighted by molar-refractivity contribution is -0.159. The maximum atomic E-state index is 9.10. The molecule has 0 saturated heterocycles. The van der Waals surface area contributed by atoms with Crippen molar-refractivity contribution >= 4 is 35.2 Å². The highest BCUT2D eigenvalue weighted by Gasteiger charge is 2.15. The van der Waals surface area contributed by atoms with Crippen molar-refractivity contribution in [3.8, 4) is 5.88 Å². The number of anilines is 1. The lowest BCUT2D eigenvalue weighted by Gasteiger charge is -2.11. The molecule has 0 bridgehead atoms. The number of hydrogen-bond donors (Lipinski definition) is 4. The number of halogens is 1. The Balaban J connectivity index is 0.000000346. The molecule has 0 radical (unpaired) electrons. The Morgan fingerprint density at radius 1 is 1.32 bits per heavy atom. The molecule has 0 aliphatic carbocycles. The first-order valence-corrected chi connectivity index (χ1v) is 6.32. The maximum absolute atomic E-state index is 9.10. The van der Waals surface area contributed by atoms with Gasteiger partial charge < -0.3 is 25.6 Å². The van der Waals surface area contributed by atoms with E-state index in [4.69, 9.17) is 36.1 Å². The average Bonchev–Trinajstić information content (AvgIpc) is 2.95. The van der Waals surface area contributed by atoms with Crippen LogP contribution in [0.2, 0.25) is 5.15 Å². The van der Waals surface area contributed by atoms with Crippen LogP contribution in [0.15, 0.2) is 4.99 Å². The van der Waals surface area contributed by atoms with Crippen LogP contribution in [0.25, 0.3) is 0 Å². The van der Waals surface area contributed by atoms with Crippen molar-refractivity contribution < 1.29 is 24.5 Å². The number of ether oxygens (including phenoxy) is 1. The molecule has 0 spiro atoms. The van der Waals surface area contributed by atoms with Gasteiger partial charge in [-0.3, -0.25) is 4.99 Å². The van der Waals surface area contributed by atoms with Crippen LogP contribution >= 0.6 is 11.6 Å². The first-order valence-electron chi connectivity index (χ1n) is 5.94. The molecule has 0 fully saturated rings. The smallest absolute Gasteiger partial charge is 0.414 e. The SMILES string of the molecule is COc1nc(C)nc(Cl)c1NC1=NCCN1.O=C(O)C(=O)O. The molecule has 1 aliphatic heterocycles. The second-order valence-corrected chi connectivity index (χ2v) is 4.20. The molecule has 0 aromatic carbocycles. The number of aliphatic imine (C=N–C) groups is 1. The third-order valence-electron chi connectivity index (χ3n) is 2.24. The summed E-state index contributed by atoms with van der Waals surface area (Å²) in [4.78, 5) is 30.6. The zero-order valence-electron chi connectivity index (χ0n) is 11.8. The average molecular weight is 332 g/mol. The van der Waals surface area contributed by atoms with Gasteiger partial charge in [0.15, 0.2) is 11.1 Å². The molecule has 22 heavy (non-hydrogen) atoms. The van der Waals surface area contributed by atoms with Crippen LogP contribution in [-0.2, 0) is 9.59 Å². The molecule has 2 rings (SSSR count). The predicted octanol–water partition coefficient (Wildman–Crippen LogP) is -0.0263. The first-order chi connectivity index (χ1) is 10.3. The predicted molar refractivity (Wildman–Crippen MR) is 77.5 cm³/mol. The minimum atomic E-state index is -1.82. The van der Waals surface area contributed by atoms with Gasteiger partial charge in [-0.05, 0) is 6.92 Å². The van der Waals surface area contributed by atoms with Crippen LogP contribution in [0.1, 0.15) is 5.82 Å². The lowest BCUT2D eigenvalue weighted by atomic mass is 10.4. The molecule has 0 unspecified atom stereocenters. The topological polar surface area (TPSA) is 146 Å². The number of rotatable bonds is 2. The van der Waals surface area contributed by atoms with E-state index in [9.17, 15) is 0 Å². The molecule has 0 saturated carbocycles. The summed E-state index contributed by atoms with van der Waals surface area (Å²) in [6.45, 7) is 3.31. The summed E-state index contributed by atoms with van der Waals surface area (Å²) in [5, 5.41) is 21.2. The van der Waals surface area contributed by atoms with Crippen LogP contribution in [-0.4, -0.2) is 58.3 Å². The largest absolute Gasteiger partial charge is 0.479 e. The fraction of sp³-hybridized carbons (Fsp3) is 0.364. The number of carboxylic acid groups (broad SMARTS) is 2. The molecule has 2 heterocycles. The number of aromatic nitrogens is 2. The lowest BCUT2D eigenvalue weighted by Crippen LogP contribution is -2.26. The zero-order chi connectivity index (χ0) is 16.7. The third kappa shape index (κ3) is 5.05. The second kappa shape index (κ2) is 7.98. The van der Waals surface area contributed by atoms with Gasteiger partial charge in [-0.25, -0.2) is 14.6 Å². The fourth-order valence-corrected chi connectivity index (χ4v) is 1.62. The van der Waals surface area contributed by atoms with Crippen molar-refractivity contribution in [3.05, 3.63) is 11.0 Å². The Hall–Kier alpha value is -2.62. The van der Waals surface area contributed by atoms with E-state index < -0.39 is 11.9 Å². The summed E-state index contributed by atoms with van der Waals surface area (Å²) in [5.41, 5.74) is 0.530. The summed E-state index contributed by atoms with van der Waals surface area (Å²) in [6.07, 6.45) is 0. The fourth-order valence-electron chi connectivity index (χ4n) is 1.37. The number of aryl methyl sites for hydroxylation is 1. The molecule has 0 amide bonds. The molecule has 1 aromatic heterocycles. The van der Waals surface area contributed by atoms with Crippen molar-refractivity contribution in [1.82, 2.24) is 15.3 Å². The summed E-state index contributed by atoms with van der Waals surface area (Å²) >= 11 is 6.02. The third-order valence-corrected chi connectivity index (χ3v) is 2.51. The van der Waals surface area contributed by atoms with Gasteiger partial charge in [-0.2, -0.15) is 4.98 Å². The van der Waals surface area contributed by atoms with Crippen molar-refractivity contribution in [2.24, 2.45) is 4.99 Å². The number of nitrogens with one attached hydrogen (secondary N) is 2. The monoisotopic (exact) mass is 331 g/mol. The van der Waals surface area contributed by atoms with Gasteiger partial charge in [0, 0.05) is 6.54 Å². The van der Waals surface area contributed by atoms with Gasteiger partial charge in [0.05, 0.1) is 13.7 Å². The van der Waals surface area contributed by atoms with Crippen molar-refractivity contribution in [1.29, 1.82) is 0 Å². The van der Waals surface area contributed by atoms with E-state index in [-0.39, 0.29) is 0 Å². The number of hydrogen-bond acceptors (Lipinski definition) is 8. The highest BCUT2D eigenvalue weighted by atomic mass is 35.5. The van der Waals surface area contributed by atoms with Crippen LogP contribution < -0.4 is 15.4 Å². The molecule has 10 nitrogen and oxygen atoms in total. The highest BCUT2D eigenvalue weighted by Crippen LogP contribution is 2.28. The van der Waals surface area contributed by atoms with Gasteiger partial charge in [-0.15, -0.1) is 0 Å². The molecule has 4 N–H and O–H groups in total. The van der Waals surface area contributed by atoms with E-state index in [0.717, 1.165) is 13.1 Å². The van der Waals surface area contributed by atoms with Gasteiger partial charge in [0.25, 0.3) is 0 Å². The molecule has 1 aromatic rings. The summed E-state index contributed by atoms with van der Waals surface area (Å²) < 4.78 is 5.14. The summed E-state index contributed by atoms with van der Waals surface area (Å²) in [5.74, 6) is -2.01. The Morgan fingerprint density at radius 3 is 2.41 bits per heavy atom. The molecule has 0 atom stereocenters. The van der Waals surface area contributed by atoms with Crippen LogP contribution in [0.4, 0.5) is 5.69 Å². The number of aliphatic carboxylic acids is 2. The number of carboxylic acids is 2. The summed E-state index contributed by atoms with van der Waals surface area (Å²) in [6, 6.07) is 0. The summed E-state index contributed by atoms with van der Waals surface area (Å²) in [7, 11) is 1.53. The van der Waals surface area contributed by atoms with Crippen LogP contribution in [0.5, 0.6) is 5.88 Å². The number of methoxy groups -OCH3 is 1. The second-order valence-electron chi connectivity index (χ2n) is 3.84. The van der Waals surface area contributed by atoms with E-state index in [1.165, 1.54) is 7.11 Å². The maximum Gasteiger partial charge on any atom is 0.414 e. The van der Waals surface area contributed by atoms with Crippen molar-refractivity contribution in [2.45, 2.75) is 6.92 Å². The van der Waals surface area contributed by atoms with Gasteiger partial charge in [0.2, 0.25) is 5.88 Å². The minimum absolute atomic E-state index is 0.320. The van der Waals surface area contributed by atoms with E-state index in [2.05, 4.69) is 25.6 Å². The van der Waals surface area contributed by atoms with E-state index >= 15 is 0 Å². The van der Waals surface area contributed by atoms with Gasteiger partial charge in [0.1, 0.15) is 11.5 Å². The molecular weight excluding hydrogens is 318 g/mol.